The van der Waals surface area contributed by atoms with Gasteiger partial charge in [0.15, 0.2) is 0 Å². The Labute approximate surface area is 130 Å². The quantitative estimate of drug-likeness (QED) is 0.669. The molecule has 1 aromatic rings. The number of fused-ring (bicyclic) bond motifs is 3. The van der Waals surface area contributed by atoms with E-state index >= 15 is 0 Å². The molecule has 1 heterocycles. The normalized spacial score (nSPS) is 34.9. The summed E-state index contributed by atoms with van der Waals surface area (Å²) in [6, 6.07) is 6.84. The van der Waals surface area contributed by atoms with Crippen LogP contribution >= 0.6 is 15.9 Å². The van der Waals surface area contributed by atoms with Crippen molar-refractivity contribution >= 4 is 15.9 Å². The standard InChI is InChI=1S/C18H23BrO/c1-18(2)10-14-9-13(5-6-16(14)20-18)17(19)15-8-11-3-4-12(15)7-11/h5-6,9,11-12,15,17H,3-4,7-8,10H2,1-2H3. The van der Waals surface area contributed by atoms with Crippen LogP contribution in [0.1, 0.15) is 55.5 Å². The highest BCUT2D eigenvalue weighted by molar-refractivity contribution is 9.09. The van der Waals surface area contributed by atoms with Gasteiger partial charge in [0.1, 0.15) is 11.4 Å². The van der Waals surface area contributed by atoms with E-state index in [-0.39, 0.29) is 5.60 Å². The zero-order valence-electron chi connectivity index (χ0n) is 12.4. The molecule has 4 unspecified atom stereocenters. The van der Waals surface area contributed by atoms with Crippen LogP contribution in [-0.2, 0) is 6.42 Å². The largest absolute Gasteiger partial charge is 0.487 e. The van der Waals surface area contributed by atoms with Crippen molar-refractivity contribution in [2.24, 2.45) is 17.8 Å². The van der Waals surface area contributed by atoms with Crippen LogP contribution < -0.4 is 4.74 Å². The maximum Gasteiger partial charge on any atom is 0.123 e. The summed E-state index contributed by atoms with van der Waals surface area (Å²) in [4.78, 5) is 0.534. The van der Waals surface area contributed by atoms with Crippen LogP contribution in [0.2, 0.25) is 0 Å². The number of ether oxygens (including phenoxy) is 1. The molecule has 108 valence electrons. The highest BCUT2D eigenvalue weighted by Crippen LogP contribution is 2.55. The van der Waals surface area contributed by atoms with Crippen molar-refractivity contribution in [1.82, 2.24) is 0 Å². The van der Waals surface area contributed by atoms with Crippen molar-refractivity contribution in [3.63, 3.8) is 0 Å². The topological polar surface area (TPSA) is 9.23 Å². The zero-order chi connectivity index (χ0) is 13.9. The number of hydrogen-bond donors (Lipinski definition) is 0. The van der Waals surface area contributed by atoms with E-state index in [9.17, 15) is 0 Å². The maximum absolute atomic E-state index is 5.99. The Morgan fingerprint density at radius 2 is 2.10 bits per heavy atom. The molecule has 4 atom stereocenters. The van der Waals surface area contributed by atoms with Crippen LogP contribution in [-0.4, -0.2) is 5.60 Å². The second-order valence-electron chi connectivity index (χ2n) is 7.65. The van der Waals surface area contributed by atoms with Crippen molar-refractivity contribution in [2.45, 2.75) is 56.4 Å². The smallest absolute Gasteiger partial charge is 0.123 e. The van der Waals surface area contributed by atoms with Gasteiger partial charge in [-0.05, 0) is 68.1 Å². The fourth-order valence-corrected chi connectivity index (χ4v) is 5.63. The Morgan fingerprint density at radius 3 is 2.80 bits per heavy atom. The number of alkyl halides is 1. The molecular weight excluding hydrogens is 312 g/mol. The lowest BCUT2D eigenvalue weighted by atomic mass is 9.83. The number of hydrogen-bond acceptors (Lipinski definition) is 1. The predicted octanol–water partition coefficient (Wildman–Crippen LogP) is 5.27. The minimum Gasteiger partial charge on any atom is -0.487 e. The second-order valence-corrected chi connectivity index (χ2v) is 8.63. The molecule has 1 nitrogen and oxygen atoms in total. The van der Waals surface area contributed by atoms with E-state index in [1.807, 2.05) is 0 Å². The van der Waals surface area contributed by atoms with E-state index < -0.39 is 0 Å². The Bertz CT molecular complexity index is 536. The van der Waals surface area contributed by atoms with Gasteiger partial charge in [-0.1, -0.05) is 34.5 Å². The Balaban J connectivity index is 1.58. The molecule has 2 heteroatoms. The predicted molar refractivity (Wildman–Crippen MR) is 85.5 cm³/mol. The van der Waals surface area contributed by atoms with Gasteiger partial charge in [-0.3, -0.25) is 0 Å². The second kappa shape index (κ2) is 4.50. The maximum atomic E-state index is 5.99. The van der Waals surface area contributed by atoms with E-state index in [0.29, 0.717) is 4.83 Å². The van der Waals surface area contributed by atoms with Gasteiger partial charge < -0.3 is 4.74 Å². The lowest BCUT2D eigenvalue weighted by Gasteiger charge is -2.27. The van der Waals surface area contributed by atoms with Gasteiger partial charge in [0, 0.05) is 11.2 Å². The molecule has 4 rings (SSSR count). The molecule has 0 radical (unpaired) electrons. The summed E-state index contributed by atoms with van der Waals surface area (Å²) in [5.41, 5.74) is 2.82. The average Bonchev–Trinajstić information content (AvgIpc) is 3.07. The van der Waals surface area contributed by atoms with E-state index in [0.717, 1.165) is 29.9 Å². The van der Waals surface area contributed by atoms with Gasteiger partial charge in [-0.15, -0.1) is 0 Å². The summed E-state index contributed by atoms with van der Waals surface area (Å²) in [6.07, 6.45) is 6.88. The summed E-state index contributed by atoms with van der Waals surface area (Å²) in [5.74, 6) is 3.92. The summed E-state index contributed by atoms with van der Waals surface area (Å²) >= 11 is 4.01. The number of halogens is 1. The van der Waals surface area contributed by atoms with Crippen LogP contribution in [0.3, 0.4) is 0 Å². The number of rotatable bonds is 2. The fraction of sp³-hybridized carbons (Fsp3) is 0.667. The van der Waals surface area contributed by atoms with Crippen molar-refractivity contribution in [1.29, 1.82) is 0 Å². The van der Waals surface area contributed by atoms with Crippen LogP contribution in [0, 0.1) is 17.8 Å². The summed E-state index contributed by atoms with van der Waals surface area (Å²) < 4.78 is 5.99. The molecule has 2 fully saturated rings. The van der Waals surface area contributed by atoms with Gasteiger partial charge in [-0.2, -0.15) is 0 Å². The van der Waals surface area contributed by atoms with E-state index in [1.165, 1.54) is 36.8 Å². The summed E-state index contributed by atoms with van der Waals surface area (Å²) in [6.45, 7) is 4.35. The molecular formula is C18H23BrO. The molecule has 1 aromatic carbocycles. The van der Waals surface area contributed by atoms with Crippen LogP contribution in [0.5, 0.6) is 5.75 Å². The summed E-state index contributed by atoms with van der Waals surface area (Å²) in [7, 11) is 0. The van der Waals surface area contributed by atoms with Crippen LogP contribution in [0.25, 0.3) is 0 Å². The Morgan fingerprint density at radius 1 is 1.25 bits per heavy atom. The third-order valence-electron chi connectivity index (χ3n) is 5.57. The summed E-state index contributed by atoms with van der Waals surface area (Å²) in [5, 5.41) is 0. The molecule has 3 aliphatic rings. The number of benzene rings is 1. The zero-order valence-corrected chi connectivity index (χ0v) is 13.9. The van der Waals surface area contributed by atoms with Gasteiger partial charge in [0.25, 0.3) is 0 Å². The lowest BCUT2D eigenvalue weighted by molar-refractivity contribution is 0.138. The first-order valence-corrected chi connectivity index (χ1v) is 8.89. The third kappa shape index (κ3) is 2.11. The molecule has 0 spiro atoms. The fourth-order valence-electron chi connectivity index (χ4n) is 4.70. The molecule has 2 saturated carbocycles. The minimum absolute atomic E-state index is 0.0325. The third-order valence-corrected chi connectivity index (χ3v) is 6.78. The molecule has 0 aromatic heterocycles. The monoisotopic (exact) mass is 334 g/mol. The molecule has 20 heavy (non-hydrogen) atoms. The van der Waals surface area contributed by atoms with Crippen molar-refractivity contribution in [3.8, 4) is 5.75 Å². The first kappa shape index (κ1) is 13.2. The molecule has 1 aliphatic heterocycles. The first-order valence-electron chi connectivity index (χ1n) is 7.98. The highest BCUT2D eigenvalue weighted by Gasteiger charge is 2.43. The van der Waals surface area contributed by atoms with Gasteiger partial charge >= 0.3 is 0 Å². The average molecular weight is 335 g/mol. The van der Waals surface area contributed by atoms with E-state index in [2.05, 4.69) is 48.0 Å². The molecule has 0 N–H and O–H groups in total. The van der Waals surface area contributed by atoms with Crippen molar-refractivity contribution < 1.29 is 4.74 Å². The van der Waals surface area contributed by atoms with Crippen molar-refractivity contribution in [3.05, 3.63) is 29.3 Å². The van der Waals surface area contributed by atoms with E-state index in [4.69, 9.17) is 4.74 Å². The molecule has 0 amide bonds. The Hall–Kier alpha value is -0.500. The highest BCUT2D eigenvalue weighted by atomic mass is 79.9. The first-order chi connectivity index (χ1) is 9.52. The van der Waals surface area contributed by atoms with Gasteiger partial charge in [0.05, 0.1) is 0 Å². The molecule has 2 bridgehead atoms. The van der Waals surface area contributed by atoms with Crippen LogP contribution in [0.4, 0.5) is 0 Å². The molecule has 0 saturated heterocycles. The van der Waals surface area contributed by atoms with Crippen molar-refractivity contribution in [2.75, 3.05) is 0 Å². The van der Waals surface area contributed by atoms with E-state index in [1.54, 1.807) is 0 Å². The lowest BCUT2D eigenvalue weighted by Crippen LogP contribution is -2.24. The van der Waals surface area contributed by atoms with Crippen LogP contribution in [0.15, 0.2) is 18.2 Å². The van der Waals surface area contributed by atoms with Gasteiger partial charge in [0.2, 0.25) is 0 Å². The SMILES string of the molecule is CC1(C)Cc2cc(C(Br)C3CC4CCC3C4)ccc2O1. The minimum atomic E-state index is -0.0325. The van der Waals surface area contributed by atoms with Gasteiger partial charge in [-0.25, -0.2) is 0 Å². The molecule has 2 aliphatic carbocycles. The Kier molecular flexibility index (Phi) is 2.96.